The zero-order valence-electron chi connectivity index (χ0n) is 33.2. The van der Waals surface area contributed by atoms with Crippen LogP contribution in [-0.4, -0.2) is 14.1 Å². The third-order valence-corrected chi connectivity index (χ3v) is 11.4. The van der Waals surface area contributed by atoms with Crippen LogP contribution in [0.5, 0.6) is 0 Å². The molecule has 9 rings (SSSR count). The fourth-order valence-corrected chi connectivity index (χ4v) is 8.51. The average Bonchev–Trinajstić information content (AvgIpc) is 3.83. The number of hydrogen-bond donors (Lipinski definition) is 1. The van der Waals surface area contributed by atoms with E-state index in [0.717, 1.165) is 46.4 Å². The topological polar surface area (TPSA) is 25.6 Å². The van der Waals surface area contributed by atoms with Crippen LogP contribution in [0.4, 0.5) is 0 Å². The Kier molecular flexibility index (Phi) is 8.00. The van der Waals surface area contributed by atoms with E-state index < -0.39 is 0 Å². The fraction of sp³-hybridized carbons (Fsp3) is 0.231. The summed E-state index contributed by atoms with van der Waals surface area (Å²) >= 11 is 0. The first-order valence-corrected chi connectivity index (χ1v) is 19.6. The van der Waals surface area contributed by atoms with Gasteiger partial charge in [0.2, 0.25) is 0 Å². The van der Waals surface area contributed by atoms with E-state index >= 15 is 0 Å². The molecule has 0 saturated carbocycles. The van der Waals surface area contributed by atoms with Crippen molar-refractivity contribution in [2.75, 3.05) is 0 Å². The molecule has 3 heterocycles. The molecule has 1 N–H and O–H groups in total. The number of fused-ring (bicyclic) bond motifs is 9. The summed E-state index contributed by atoms with van der Waals surface area (Å²) in [6, 6.07) is 39.8. The number of aromatic amines is 1. The summed E-state index contributed by atoms with van der Waals surface area (Å²) in [6.45, 7) is 19.9. The SMILES string of the molecule is CCn1c2ccccc2c2cccc(C#Cc3cc(C(C)(C)C)cc4c3[nH]c3c(C#Cc5cccc6c7ccccc7n(CC)c56)cc(C(C)(C)C)cc34)c21. The number of rotatable bonds is 2. The minimum atomic E-state index is -0.0659. The lowest BCUT2D eigenvalue weighted by molar-refractivity contribution is 0.590. The zero-order chi connectivity index (χ0) is 38.2. The second-order valence-electron chi connectivity index (χ2n) is 16.9. The molecule has 3 nitrogen and oxygen atoms in total. The van der Waals surface area contributed by atoms with E-state index in [9.17, 15) is 0 Å². The summed E-state index contributed by atoms with van der Waals surface area (Å²) in [4.78, 5) is 3.89. The second-order valence-corrected chi connectivity index (χ2v) is 16.9. The van der Waals surface area contributed by atoms with Gasteiger partial charge in [-0.1, -0.05) is 126 Å². The van der Waals surface area contributed by atoms with Crippen molar-refractivity contribution in [2.45, 2.75) is 79.3 Å². The summed E-state index contributed by atoms with van der Waals surface area (Å²) in [5.41, 5.74) is 13.5. The Morgan fingerprint density at radius 3 is 1.22 bits per heavy atom. The molecule has 0 aliphatic heterocycles. The lowest BCUT2D eigenvalue weighted by Crippen LogP contribution is -2.11. The molecule has 3 aromatic heterocycles. The third-order valence-electron chi connectivity index (χ3n) is 11.4. The predicted octanol–water partition coefficient (Wildman–Crippen LogP) is 13.0. The molecule has 0 spiro atoms. The van der Waals surface area contributed by atoms with Crippen molar-refractivity contribution in [3.8, 4) is 23.7 Å². The molecule has 0 saturated heterocycles. The lowest BCUT2D eigenvalue weighted by Gasteiger charge is -2.20. The van der Waals surface area contributed by atoms with Crippen LogP contribution < -0.4 is 0 Å². The van der Waals surface area contributed by atoms with Gasteiger partial charge in [-0.3, -0.25) is 0 Å². The largest absolute Gasteiger partial charge is 0.352 e. The van der Waals surface area contributed by atoms with Gasteiger partial charge in [0.1, 0.15) is 0 Å². The maximum absolute atomic E-state index is 3.89. The molecule has 0 aliphatic carbocycles. The molecule has 0 unspecified atom stereocenters. The number of para-hydroxylation sites is 4. The zero-order valence-corrected chi connectivity index (χ0v) is 33.2. The molecule has 3 heteroatoms. The number of nitrogens with one attached hydrogen (secondary N) is 1. The average molecular weight is 714 g/mol. The number of aromatic nitrogens is 3. The summed E-state index contributed by atoms with van der Waals surface area (Å²) in [5, 5.41) is 7.41. The molecule has 55 heavy (non-hydrogen) atoms. The highest BCUT2D eigenvalue weighted by Gasteiger charge is 2.22. The van der Waals surface area contributed by atoms with E-state index in [1.54, 1.807) is 0 Å². The molecule has 0 amide bonds. The molecule has 0 fully saturated rings. The highest BCUT2D eigenvalue weighted by molar-refractivity contribution is 6.13. The maximum Gasteiger partial charge on any atom is 0.0650 e. The highest BCUT2D eigenvalue weighted by atomic mass is 15.0. The van der Waals surface area contributed by atoms with Crippen LogP contribution >= 0.6 is 0 Å². The van der Waals surface area contributed by atoms with Gasteiger partial charge in [0.25, 0.3) is 0 Å². The normalized spacial score (nSPS) is 12.2. The number of benzene rings is 6. The number of hydrogen-bond acceptors (Lipinski definition) is 0. The van der Waals surface area contributed by atoms with Crippen molar-refractivity contribution in [3.05, 3.63) is 143 Å². The molecule has 6 aromatic carbocycles. The van der Waals surface area contributed by atoms with E-state index in [0.29, 0.717) is 0 Å². The van der Waals surface area contributed by atoms with Gasteiger partial charge >= 0.3 is 0 Å². The first-order valence-electron chi connectivity index (χ1n) is 19.6. The van der Waals surface area contributed by atoms with Crippen LogP contribution in [0.2, 0.25) is 0 Å². The molecule has 0 bridgehead atoms. The van der Waals surface area contributed by atoms with Crippen LogP contribution in [0, 0.1) is 23.7 Å². The molecule has 270 valence electrons. The van der Waals surface area contributed by atoms with Crippen molar-refractivity contribution in [1.82, 2.24) is 14.1 Å². The standard InChI is InChI=1S/C52H47N3/c1-9-54-45-23-13-11-19-39(45)41-21-15-17-33(49(41)54)25-27-35-29-37(51(3,4)5)31-43-44-32-38(52(6,7)8)30-36(48(44)53-47(35)43)28-26-34-18-16-22-42-40-20-12-14-24-46(40)55(10-2)50(34)42/h11-24,29-32,53H,9-10H2,1-8H3. The van der Waals surface area contributed by atoms with Gasteiger partial charge in [0.05, 0.1) is 22.1 Å². The summed E-state index contributed by atoms with van der Waals surface area (Å²) in [6.07, 6.45) is 0. The number of nitrogens with zero attached hydrogens (tertiary/aromatic N) is 2. The van der Waals surface area contributed by atoms with Crippen LogP contribution in [0.1, 0.15) is 88.8 Å². The predicted molar refractivity (Wildman–Crippen MR) is 235 cm³/mol. The van der Waals surface area contributed by atoms with Crippen LogP contribution in [0.15, 0.2) is 109 Å². The Hall–Kier alpha value is -6.16. The van der Waals surface area contributed by atoms with Crippen LogP contribution in [0.25, 0.3) is 65.4 Å². The van der Waals surface area contributed by atoms with Gasteiger partial charge < -0.3 is 14.1 Å². The minimum Gasteiger partial charge on any atom is -0.352 e. The van der Waals surface area contributed by atoms with E-state index in [4.69, 9.17) is 0 Å². The summed E-state index contributed by atoms with van der Waals surface area (Å²) < 4.78 is 4.80. The lowest BCUT2D eigenvalue weighted by atomic mass is 9.83. The Balaban J connectivity index is 1.29. The van der Waals surface area contributed by atoms with Gasteiger partial charge in [0, 0.05) is 78.7 Å². The minimum absolute atomic E-state index is 0.0659. The summed E-state index contributed by atoms with van der Waals surface area (Å²) in [5.74, 6) is 14.7. The van der Waals surface area contributed by atoms with Crippen molar-refractivity contribution >= 4 is 65.4 Å². The Morgan fingerprint density at radius 1 is 0.436 bits per heavy atom. The summed E-state index contributed by atoms with van der Waals surface area (Å²) in [7, 11) is 0. The van der Waals surface area contributed by atoms with E-state index in [1.807, 2.05) is 0 Å². The molecule has 0 radical (unpaired) electrons. The van der Waals surface area contributed by atoms with Gasteiger partial charge in [0.15, 0.2) is 0 Å². The van der Waals surface area contributed by atoms with Crippen molar-refractivity contribution in [3.63, 3.8) is 0 Å². The molecule has 0 atom stereocenters. The van der Waals surface area contributed by atoms with Crippen LogP contribution in [-0.2, 0) is 23.9 Å². The monoisotopic (exact) mass is 713 g/mol. The molecular formula is C52H47N3. The Bertz CT molecular complexity index is 2930. The smallest absolute Gasteiger partial charge is 0.0650 e. The number of H-pyrrole nitrogens is 1. The van der Waals surface area contributed by atoms with Crippen molar-refractivity contribution in [1.29, 1.82) is 0 Å². The van der Waals surface area contributed by atoms with Crippen LogP contribution in [0.3, 0.4) is 0 Å². The Morgan fingerprint density at radius 2 is 0.818 bits per heavy atom. The van der Waals surface area contributed by atoms with Crippen molar-refractivity contribution in [2.24, 2.45) is 0 Å². The van der Waals surface area contributed by atoms with Crippen molar-refractivity contribution < 1.29 is 0 Å². The van der Waals surface area contributed by atoms with Gasteiger partial charge in [-0.05, 0) is 84.3 Å². The van der Waals surface area contributed by atoms with E-state index in [2.05, 4.69) is 202 Å². The van der Waals surface area contributed by atoms with Gasteiger partial charge in [-0.25, -0.2) is 0 Å². The molecule has 9 aromatic rings. The first kappa shape index (κ1) is 34.6. The van der Waals surface area contributed by atoms with Gasteiger partial charge in [-0.15, -0.1) is 0 Å². The highest BCUT2D eigenvalue weighted by Crippen LogP contribution is 2.38. The molecular weight excluding hydrogens is 667 g/mol. The fourth-order valence-electron chi connectivity index (χ4n) is 8.51. The molecule has 0 aliphatic rings. The quantitative estimate of drug-likeness (QED) is 0.173. The first-order chi connectivity index (χ1) is 26.5. The van der Waals surface area contributed by atoms with Gasteiger partial charge in [-0.2, -0.15) is 0 Å². The number of aryl methyl sites for hydroxylation is 2. The Labute approximate surface area is 324 Å². The second kappa shape index (κ2) is 12.7. The maximum atomic E-state index is 3.89. The third kappa shape index (κ3) is 5.61. The van der Waals surface area contributed by atoms with E-state index in [-0.39, 0.29) is 10.8 Å². The van der Waals surface area contributed by atoms with E-state index in [1.165, 1.54) is 65.5 Å².